The number of alkyl carbamates (subject to hydrolysis) is 1. The zero-order valence-electron chi connectivity index (χ0n) is 28.0. The minimum absolute atomic E-state index is 0.00122. The molecule has 0 bridgehead atoms. The molecule has 12 heteroatoms. The van der Waals surface area contributed by atoms with Crippen molar-refractivity contribution in [2.75, 3.05) is 39.5 Å². The topological polar surface area (TPSA) is 129 Å². The molecule has 2 amide bonds. The number of nitrogens with one attached hydrogen (secondary N) is 2. The van der Waals surface area contributed by atoms with Crippen LogP contribution >= 0.6 is 0 Å². The molecule has 2 atom stereocenters. The summed E-state index contributed by atoms with van der Waals surface area (Å²) in [6.07, 6.45) is 4.58. The Kier molecular flexibility index (Phi) is 18.2. The van der Waals surface area contributed by atoms with E-state index in [9.17, 15) is 28.0 Å². The molecular weight excluding hydrogens is 590 g/mol. The van der Waals surface area contributed by atoms with E-state index in [1.807, 2.05) is 0 Å². The van der Waals surface area contributed by atoms with Crippen LogP contribution in [0.2, 0.25) is 0 Å². The van der Waals surface area contributed by atoms with Crippen LogP contribution in [0, 0.1) is 16.7 Å². The lowest BCUT2D eigenvalue weighted by molar-refractivity contribution is -0.261. The highest BCUT2D eigenvalue weighted by Crippen LogP contribution is 2.49. The fraction of sp³-hybridized carbons (Fsp3) is 0.818. The number of esters is 2. The Hall–Kier alpha value is -2.76. The van der Waals surface area contributed by atoms with Crippen LogP contribution in [0.25, 0.3) is 0 Å². The van der Waals surface area contributed by atoms with Gasteiger partial charge in [-0.05, 0) is 62.2 Å². The summed E-state index contributed by atoms with van der Waals surface area (Å²) in [6, 6.07) is 0. The summed E-state index contributed by atoms with van der Waals surface area (Å²) in [6.45, 7) is 13.0. The fourth-order valence-electron chi connectivity index (χ4n) is 6.01. The minimum Gasteiger partial charge on any atom is -0.460 e. The monoisotopic (exact) mass is 646 g/mol. The molecule has 1 rings (SSSR count). The second kappa shape index (κ2) is 20.4. The first-order valence-electron chi connectivity index (χ1n) is 16.2. The van der Waals surface area contributed by atoms with Crippen LogP contribution in [0.5, 0.6) is 0 Å². The van der Waals surface area contributed by atoms with Crippen LogP contribution in [0.4, 0.5) is 13.6 Å². The Morgan fingerprint density at radius 3 is 2.22 bits per heavy atom. The van der Waals surface area contributed by atoms with Gasteiger partial charge in [-0.2, -0.15) is 8.78 Å². The second-order valence-electron chi connectivity index (χ2n) is 13.4. The van der Waals surface area contributed by atoms with Gasteiger partial charge in [-0.3, -0.25) is 9.59 Å². The lowest BCUT2D eigenvalue weighted by Crippen LogP contribution is -2.44. The van der Waals surface area contributed by atoms with Gasteiger partial charge in [0.2, 0.25) is 5.91 Å². The van der Waals surface area contributed by atoms with Crippen LogP contribution in [-0.2, 0) is 33.3 Å². The Morgan fingerprint density at radius 1 is 0.889 bits per heavy atom. The molecule has 10 nitrogen and oxygen atoms in total. The first kappa shape index (κ1) is 40.3. The molecule has 1 fully saturated rings. The SMILES string of the molecule is C=C(C)C(=O)OCCNC(=O)OCCCCCCCCC(=O)NCC1(C)CC(CC(=O)OCC(F)(F)OCCC)CC(C)(C)C1. The molecule has 0 spiro atoms. The molecule has 0 aromatic heterocycles. The maximum atomic E-state index is 13.7. The number of hydrogen-bond donors (Lipinski definition) is 2. The third-order valence-corrected chi connectivity index (χ3v) is 7.60. The Balaban J connectivity index is 2.21. The van der Waals surface area contributed by atoms with Crippen molar-refractivity contribution in [3.05, 3.63) is 12.2 Å². The van der Waals surface area contributed by atoms with Crippen LogP contribution in [-0.4, -0.2) is 69.6 Å². The molecule has 0 aliphatic heterocycles. The van der Waals surface area contributed by atoms with Crippen molar-refractivity contribution in [3.8, 4) is 0 Å². The van der Waals surface area contributed by atoms with E-state index in [0.717, 1.165) is 51.4 Å². The highest BCUT2D eigenvalue weighted by atomic mass is 19.3. The highest BCUT2D eigenvalue weighted by molar-refractivity contribution is 5.86. The van der Waals surface area contributed by atoms with Gasteiger partial charge >= 0.3 is 24.1 Å². The molecule has 0 radical (unpaired) electrons. The Morgan fingerprint density at radius 2 is 1.56 bits per heavy atom. The molecule has 0 saturated heterocycles. The minimum atomic E-state index is -3.49. The molecule has 45 heavy (non-hydrogen) atoms. The summed E-state index contributed by atoms with van der Waals surface area (Å²) in [5, 5.41) is 5.59. The second-order valence-corrected chi connectivity index (χ2v) is 13.4. The predicted octanol–water partition coefficient (Wildman–Crippen LogP) is 6.46. The summed E-state index contributed by atoms with van der Waals surface area (Å²) < 4.78 is 46.7. The van der Waals surface area contributed by atoms with Gasteiger partial charge in [0.25, 0.3) is 0 Å². The molecule has 2 unspecified atom stereocenters. The van der Waals surface area contributed by atoms with Crippen molar-refractivity contribution in [1.82, 2.24) is 10.6 Å². The maximum absolute atomic E-state index is 13.7. The molecule has 260 valence electrons. The van der Waals surface area contributed by atoms with E-state index >= 15 is 0 Å². The van der Waals surface area contributed by atoms with E-state index in [1.54, 1.807) is 13.8 Å². The van der Waals surface area contributed by atoms with E-state index in [0.29, 0.717) is 38.0 Å². The average molecular weight is 647 g/mol. The number of alkyl halides is 2. The summed E-state index contributed by atoms with van der Waals surface area (Å²) in [7, 11) is 0. The number of halogens is 2. The number of carbonyl (C=O) groups is 4. The quantitative estimate of drug-likeness (QED) is 0.0593. The average Bonchev–Trinajstić information content (AvgIpc) is 2.94. The van der Waals surface area contributed by atoms with E-state index in [1.165, 1.54) is 0 Å². The van der Waals surface area contributed by atoms with Crippen molar-refractivity contribution in [1.29, 1.82) is 0 Å². The van der Waals surface area contributed by atoms with Crippen molar-refractivity contribution in [2.45, 2.75) is 118 Å². The number of hydrogen-bond acceptors (Lipinski definition) is 8. The molecule has 1 aliphatic rings. The Labute approximate surface area is 267 Å². The predicted molar refractivity (Wildman–Crippen MR) is 166 cm³/mol. The molecular formula is C33H56F2N2O8. The van der Waals surface area contributed by atoms with Gasteiger partial charge in [0, 0.05) is 25.0 Å². The molecule has 0 aromatic carbocycles. The number of carbonyl (C=O) groups excluding carboxylic acids is 4. The largest absolute Gasteiger partial charge is 0.460 e. The Bertz CT molecular complexity index is 959. The van der Waals surface area contributed by atoms with Crippen molar-refractivity contribution in [2.24, 2.45) is 16.7 Å². The molecule has 0 aromatic rings. The first-order chi connectivity index (χ1) is 21.1. The van der Waals surface area contributed by atoms with Gasteiger partial charge in [0.05, 0.1) is 19.8 Å². The maximum Gasteiger partial charge on any atom is 0.407 e. The van der Waals surface area contributed by atoms with E-state index in [-0.39, 0.29) is 48.8 Å². The molecule has 1 aliphatic carbocycles. The lowest BCUT2D eigenvalue weighted by atomic mass is 9.60. The summed E-state index contributed by atoms with van der Waals surface area (Å²) >= 11 is 0. The smallest absolute Gasteiger partial charge is 0.407 e. The number of ether oxygens (including phenoxy) is 4. The summed E-state index contributed by atoms with van der Waals surface area (Å²) in [5.74, 6) is -1.18. The highest BCUT2D eigenvalue weighted by Gasteiger charge is 2.42. The van der Waals surface area contributed by atoms with Crippen molar-refractivity contribution in [3.63, 3.8) is 0 Å². The number of amides is 2. The van der Waals surface area contributed by atoms with Crippen molar-refractivity contribution < 1.29 is 46.9 Å². The van der Waals surface area contributed by atoms with Crippen LogP contribution < -0.4 is 10.6 Å². The summed E-state index contributed by atoms with van der Waals surface area (Å²) in [4.78, 5) is 47.8. The fourth-order valence-corrected chi connectivity index (χ4v) is 6.01. The van der Waals surface area contributed by atoms with Crippen LogP contribution in [0.15, 0.2) is 12.2 Å². The van der Waals surface area contributed by atoms with Gasteiger partial charge in [-0.15, -0.1) is 0 Å². The van der Waals surface area contributed by atoms with Crippen LogP contribution in [0.3, 0.4) is 0 Å². The van der Waals surface area contributed by atoms with Gasteiger partial charge in [0.15, 0.2) is 6.61 Å². The molecule has 2 N–H and O–H groups in total. The van der Waals surface area contributed by atoms with Gasteiger partial charge in [-0.25, -0.2) is 9.59 Å². The first-order valence-corrected chi connectivity index (χ1v) is 16.2. The van der Waals surface area contributed by atoms with E-state index < -0.39 is 30.7 Å². The van der Waals surface area contributed by atoms with E-state index in [4.69, 9.17) is 14.2 Å². The third kappa shape index (κ3) is 19.4. The van der Waals surface area contributed by atoms with Gasteiger partial charge < -0.3 is 29.6 Å². The molecule has 1 saturated carbocycles. The summed E-state index contributed by atoms with van der Waals surface area (Å²) in [5.41, 5.74) is 0.0215. The number of unbranched alkanes of at least 4 members (excludes halogenated alkanes) is 5. The number of rotatable bonds is 22. The van der Waals surface area contributed by atoms with E-state index in [2.05, 4.69) is 42.7 Å². The standard InChI is InChI=1S/C33H56F2N2O8/c1-7-16-45-33(34,35)24-44-28(39)19-26-20-31(4,5)22-32(6,21-26)23-37-27(38)14-12-10-8-9-11-13-17-43-30(41)36-15-18-42-29(40)25(2)3/h26H,2,7-24H2,1,3-6H3,(H,36,41)(H,37,38). The zero-order chi connectivity index (χ0) is 33.9. The lowest BCUT2D eigenvalue weighted by Gasteiger charge is -2.46. The van der Waals surface area contributed by atoms with Gasteiger partial charge in [-0.1, -0.05) is 60.0 Å². The van der Waals surface area contributed by atoms with Gasteiger partial charge in [0.1, 0.15) is 6.61 Å². The molecule has 0 heterocycles. The normalized spacial score (nSPS) is 19.3. The third-order valence-electron chi connectivity index (χ3n) is 7.60. The van der Waals surface area contributed by atoms with Crippen LogP contribution in [0.1, 0.15) is 112 Å². The van der Waals surface area contributed by atoms with Crippen molar-refractivity contribution >= 4 is 23.9 Å². The zero-order valence-corrected chi connectivity index (χ0v) is 28.0.